The van der Waals surface area contributed by atoms with Gasteiger partial charge in [0.1, 0.15) is 0 Å². The highest BCUT2D eigenvalue weighted by Crippen LogP contribution is 2.20. The molecule has 1 N–H and O–H groups in total. The van der Waals surface area contributed by atoms with Crippen LogP contribution in [0.5, 0.6) is 0 Å². The first-order valence-corrected chi connectivity index (χ1v) is 7.86. The predicted octanol–water partition coefficient (Wildman–Crippen LogP) is 2.02. The maximum Gasteiger partial charge on any atom is 0.261 e. The van der Waals surface area contributed by atoms with Crippen LogP contribution in [0.1, 0.15) is 39.5 Å². The largest absolute Gasteiger partial charge is 0.303 e. The molecule has 0 amide bonds. The summed E-state index contributed by atoms with van der Waals surface area (Å²) in [6.45, 7) is 8.53. The van der Waals surface area contributed by atoms with Gasteiger partial charge < -0.3 is 4.90 Å². The van der Waals surface area contributed by atoms with Crippen molar-refractivity contribution >= 4 is 10.1 Å². The highest BCUT2D eigenvalue weighted by atomic mass is 32.2. The van der Waals surface area contributed by atoms with Crippen LogP contribution < -0.4 is 0 Å². The summed E-state index contributed by atoms with van der Waals surface area (Å²) in [5.74, 6) is 1.01. The van der Waals surface area contributed by atoms with Crippen molar-refractivity contribution in [2.45, 2.75) is 39.5 Å². The molecule has 0 aliphatic carbocycles. The zero-order valence-corrected chi connectivity index (χ0v) is 11.5. The third kappa shape index (κ3) is 10.4. The number of piperidine rings is 1. The normalized spacial score (nSPS) is 22.4. The van der Waals surface area contributed by atoms with Gasteiger partial charge >= 0.3 is 0 Å². The van der Waals surface area contributed by atoms with E-state index in [1.165, 1.54) is 45.3 Å². The molecule has 1 unspecified atom stereocenters. The van der Waals surface area contributed by atoms with Gasteiger partial charge in [0.25, 0.3) is 10.1 Å². The third-order valence-corrected chi connectivity index (χ3v) is 2.75. The maximum atomic E-state index is 9.19. The minimum absolute atomic E-state index is 0.715. The lowest BCUT2D eigenvalue weighted by molar-refractivity contribution is 0.175. The molecule has 0 saturated carbocycles. The molecule has 0 aromatic heterocycles. The molecular weight excluding hydrogens is 226 g/mol. The van der Waals surface area contributed by atoms with Crippen LogP contribution in [-0.2, 0) is 10.1 Å². The SMILES string of the molecule is CCCC1CCCN(CC)C1.CS(=O)(=O)O. The van der Waals surface area contributed by atoms with Crippen molar-refractivity contribution in [1.82, 2.24) is 4.90 Å². The van der Waals surface area contributed by atoms with Gasteiger partial charge in [0.05, 0.1) is 6.26 Å². The molecule has 0 aromatic carbocycles. The summed E-state index contributed by atoms with van der Waals surface area (Å²) in [5.41, 5.74) is 0. The fourth-order valence-electron chi connectivity index (χ4n) is 2.08. The molecule has 1 rings (SSSR count). The van der Waals surface area contributed by atoms with E-state index in [-0.39, 0.29) is 0 Å². The Morgan fingerprint density at radius 3 is 2.38 bits per heavy atom. The van der Waals surface area contributed by atoms with Crippen LogP contribution in [0.4, 0.5) is 0 Å². The van der Waals surface area contributed by atoms with Crippen molar-refractivity contribution in [2.75, 3.05) is 25.9 Å². The molecule has 4 nitrogen and oxygen atoms in total. The van der Waals surface area contributed by atoms with Gasteiger partial charge in [-0.05, 0) is 38.3 Å². The van der Waals surface area contributed by atoms with Gasteiger partial charge in [-0.2, -0.15) is 8.42 Å². The second kappa shape index (κ2) is 8.03. The van der Waals surface area contributed by atoms with E-state index in [1.54, 1.807) is 0 Å². The van der Waals surface area contributed by atoms with E-state index >= 15 is 0 Å². The standard InChI is InChI=1S/C10H21N.CH4O3S/c1-3-6-10-7-5-8-11(4-2)9-10;1-5(2,3)4/h10H,3-9H2,1-2H3;1H3,(H,2,3,4). The summed E-state index contributed by atoms with van der Waals surface area (Å²) in [6.07, 6.45) is 6.43. The summed E-state index contributed by atoms with van der Waals surface area (Å²) in [4.78, 5) is 2.59. The van der Waals surface area contributed by atoms with Gasteiger partial charge in [0, 0.05) is 6.54 Å². The monoisotopic (exact) mass is 251 g/mol. The highest BCUT2D eigenvalue weighted by Gasteiger charge is 2.16. The molecule has 1 atom stereocenters. The molecule has 1 aliphatic rings. The lowest BCUT2D eigenvalue weighted by Gasteiger charge is -2.31. The molecule has 1 heterocycles. The van der Waals surface area contributed by atoms with E-state index in [1.807, 2.05) is 0 Å². The summed E-state index contributed by atoms with van der Waals surface area (Å²) in [5, 5.41) is 0. The van der Waals surface area contributed by atoms with E-state index in [0.29, 0.717) is 6.26 Å². The maximum absolute atomic E-state index is 9.19. The Morgan fingerprint density at radius 2 is 1.94 bits per heavy atom. The molecule has 0 spiro atoms. The van der Waals surface area contributed by atoms with Gasteiger partial charge in [0.15, 0.2) is 0 Å². The Balaban J connectivity index is 0.000000385. The number of nitrogens with zero attached hydrogens (tertiary/aromatic N) is 1. The average Bonchev–Trinajstić information content (AvgIpc) is 2.16. The van der Waals surface area contributed by atoms with Gasteiger partial charge in [-0.25, -0.2) is 0 Å². The molecule has 5 heteroatoms. The molecule has 1 aliphatic heterocycles. The van der Waals surface area contributed by atoms with Crippen molar-refractivity contribution in [3.8, 4) is 0 Å². The third-order valence-electron chi connectivity index (χ3n) is 2.75. The van der Waals surface area contributed by atoms with E-state index in [9.17, 15) is 8.42 Å². The molecule has 16 heavy (non-hydrogen) atoms. The Hall–Kier alpha value is -0.130. The second-order valence-electron chi connectivity index (χ2n) is 4.42. The van der Waals surface area contributed by atoms with Gasteiger partial charge in [-0.15, -0.1) is 0 Å². The molecule has 0 aromatic rings. The quantitative estimate of drug-likeness (QED) is 0.780. The summed E-state index contributed by atoms with van der Waals surface area (Å²) in [6, 6.07) is 0. The summed E-state index contributed by atoms with van der Waals surface area (Å²) < 4.78 is 25.9. The molecule has 0 radical (unpaired) electrons. The number of hydrogen-bond acceptors (Lipinski definition) is 3. The van der Waals surface area contributed by atoms with E-state index in [4.69, 9.17) is 4.55 Å². The van der Waals surface area contributed by atoms with Crippen molar-refractivity contribution in [3.05, 3.63) is 0 Å². The molecule has 98 valence electrons. The topological polar surface area (TPSA) is 57.6 Å². The lowest BCUT2D eigenvalue weighted by atomic mass is 9.94. The molecule has 0 bridgehead atoms. The van der Waals surface area contributed by atoms with Crippen LogP contribution in [0.3, 0.4) is 0 Å². The van der Waals surface area contributed by atoms with Crippen molar-refractivity contribution < 1.29 is 13.0 Å². The Bertz CT molecular complexity index is 254. The Kier molecular flexibility index (Phi) is 7.97. The van der Waals surface area contributed by atoms with Gasteiger partial charge in [-0.3, -0.25) is 4.55 Å². The van der Waals surface area contributed by atoms with Crippen LogP contribution in [0.2, 0.25) is 0 Å². The fourth-order valence-corrected chi connectivity index (χ4v) is 2.08. The minimum atomic E-state index is -3.67. The molecule has 1 fully saturated rings. The van der Waals surface area contributed by atoms with Crippen molar-refractivity contribution in [2.24, 2.45) is 5.92 Å². The number of hydrogen-bond donors (Lipinski definition) is 1. The minimum Gasteiger partial charge on any atom is -0.303 e. The van der Waals surface area contributed by atoms with E-state index < -0.39 is 10.1 Å². The summed E-state index contributed by atoms with van der Waals surface area (Å²) >= 11 is 0. The Labute approximate surface area is 99.8 Å². The van der Waals surface area contributed by atoms with Crippen LogP contribution in [0.15, 0.2) is 0 Å². The lowest BCUT2D eigenvalue weighted by Crippen LogP contribution is -2.34. The van der Waals surface area contributed by atoms with Gasteiger partial charge in [-0.1, -0.05) is 20.3 Å². The van der Waals surface area contributed by atoms with Crippen LogP contribution in [0, 0.1) is 5.92 Å². The molecular formula is C11H25NO3S. The zero-order chi connectivity index (χ0) is 12.6. The van der Waals surface area contributed by atoms with Crippen LogP contribution in [-0.4, -0.2) is 43.8 Å². The Morgan fingerprint density at radius 1 is 1.38 bits per heavy atom. The second-order valence-corrected chi connectivity index (χ2v) is 5.89. The van der Waals surface area contributed by atoms with Gasteiger partial charge in [0.2, 0.25) is 0 Å². The van der Waals surface area contributed by atoms with E-state index in [0.717, 1.165) is 5.92 Å². The molecule has 1 saturated heterocycles. The van der Waals surface area contributed by atoms with Crippen LogP contribution >= 0.6 is 0 Å². The van der Waals surface area contributed by atoms with E-state index in [2.05, 4.69) is 18.7 Å². The first kappa shape index (κ1) is 15.9. The zero-order valence-electron chi connectivity index (χ0n) is 10.6. The number of likely N-dealkylation sites (tertiary alicyclic amines) is 1. The smallest absolute Gasteiger partial charge is 0.261 e. The summed E-state index contributed by atoms with van der Waals surface area (Å²) in [7, 11) is -3.67. The first-order valence-electron chi connectivity index (χ1n) is 6.01. The predicted molar refractivity (Wildman–Crippen MR) is 67.2 cm³/mol. The van der Waals surface area contributed by atoms with Crippen LogP contribution in [0.25, 0.3) is 0 Å². The van der Waals surface area contributed by atoms with Crippen molar-refractivity contribution in [1.29, 1.82) is 0 Å². The number of rotatable bonds is 3. The fraction of sp³-hybridized carbons (Fsp3) is 1.00. The average molecular weight is 251 g/mol. The highest BCUT2D eigenvalue weighted by molar-refractivity contribution is 7.85. The first-order chi connectivity index (χ1) is 7.36. The van der Waals surface area contributed by atoms with Crippen molar-refractivity contribution in [3.63, 3.8) is 0 Å².